The lowest BCUT2D eigenvalue weighted by atomic mass is 10.1. The Balaban J connectivity index is 1.76. The van der Waals surface area contributed by atoms with E-state index in [0.29, 0.717) is 16.3 Å². The first-order valence-electron chi connectivity index (χ1n) is 7.07. The van der Waals surface area contributed by atoms with Crippen molar-refractivity contribution in [1.82, 2.24) is 25.6 Å². The maximum absolute atomic E-state index is 12.1. The minimum atomic E-state index is -0.325. The Hall–Kier alpha value is -3.06. The van der Waals surface area contributed by atoms with Gasteiger partial charge in [-0.3, -0.25) is 4.79 Å². The van der Waals surface area contributed by atoms with Gasteiger partial charge in [-0.2, -0.15) is 5.10 Å². The van der Waals surface area contributed by atoms with E-state index in [9.17, 15) is 4.79 Å². The summed E-state index contributed by atoms with van der Waals surface area (Å²) in [7, 11) is 0. The number of hydrogen-bond donors (Lipinski definition) is 1. The zero-order valence-electron chi connectivity index (χ0n) is 12.7. The third kappa shape index (κ3) is 3.64. The van der Waals surface area contributed by atoms with E-state index < -0.39 is 0 Å². The first kappa shape index (κ1) is 15.8. The van der Waals surface area contributed by atoms with Gasteiger partial charge in [0.15, 0.2) is 0 Å². The SMILES string of the molecule is C/C(=N/NC(=O)c1cccc(Cl)c1)c1cccc(-n2cnnn2)c1. The van der Waals surface area contributed by atoms with Crippen LogP contribution in [0.1, 0.15) is 22.8 Å². The Labute approximate surface area is 143 Å². The molecule has 3 aromatic rings. The lowest BCUT2D eigenvalue weighted by molar-refractivity contribution is 0.0955. The highest BCUT2D eigenvalue weighted by Gasteiger charge is 2.06. The summed E-state index contributed by atoms with van der Waals surface area (Å²) in [6.07, 6.45) is 1.51. The molecular formula is C16H13ClN6O. The van der Waals surface area contributed by atoms with Gasteiger partial charge in [-0.15, -0.1) is 5.10 Å². The average Bonchev–Trinajstić information content (AvgIpc) is 3.14. The van der Waals surface area contributed by atoms with Crippen LogP contribution in [0.2, 0.25) is 5.02 Å². The number of aromatic nitrogens is 4. The number of carbonyl (C=O) groups excluding carboxylic acids is 1. The number of nitrogens with one attached hydrogen (secondary N) is 1. The minimum Gasteiger partial charge on any atom is -0.267 e. The van der Waals surface area contributed by atoms with Crippen LogP contribution in [0.3, 0.4) is 0 Å². The van der Waals surface area contributed by atoms with Crippen molar-refractivity contribution in [2.75, 3.05) is 0 Å². The summed E-state index contributed by atoms with van der Waals surface area (Å²) in [5.74, 6) is -0.325. The summed E-state index contributed by atoms with van der Waals surface area (Å²) in [4.78, 5) is 12.1. The summed E-state index contributed by atoms with van der Waals surface area (Å²) < 4.78 is 1.54. The van der Waals surface area contributed by atoms with Crippen molar-refractivity contribution in [3.63, 3.8) is 0 Å². The van der Waals surface area contributed by atoms with Gasteiger partial charge in [0.25, 0.3) is 5.91 Å². The summed E-state index contributed by atoms with van der Waals surface area (Å²) in [6.45, 7) is 1.80. The first-order chi connectivity index (χ1) is 11.6. The van der Waals surface area contributed by atoms with Gasteiger partial charge in [0.2, 0.25) is 0 Å². The van der Waals surface area contributed by atoms with Crippen LogP contribution in [-0.2, 0) is 0 Å². The van der Waals surface area contributed by atoms with Gasteiger partial charge < -0.3 is 0 Å². The molecule has 0 bridgehead atoms. The molecule has 1 heterocycles. The fourth-order valence-electron chi connectivity index (χ4n) is 2.05. The molecule has 3 rings (SSSR count). The molecule has 0 saturated carbocycles. The molecule has 0 aliphatic rings. The molecular weight excluding hydrogens is 328 g/mol. The zero-order chi connectivity index (χ0) is 16.9. The van der Waals surface area contributed by atoms with E-state index in [1.165, 1.54) is 6.33 Å². The van der Waals surface area contributed by atoms with Gasteiger partial charge in [-0.25, -0.2) is 10.1 Å². The topological polar surface area (TPSA) is 85.1 Å². The number of amides is 1. The van der Waals surface area contributed by atoms with Crippen LogP contribution in [0.25, 0.3) is 5.69 Å². The Bertz CT molecular complexity index is 891. The third-order valence-corrected chi connectivity index (χ3v) is 3.52. The number of hydrazone groups is 1. The number of hydrogen-bond acceptors (Lipinski definition) is 5. The number of carbonyl (C=O) groups is 1. The average molecular weight is 341 g/mol. The molecule has 0 unspecified atom stereocenters. The van der Waals surface area contributed by atoms with Gasteiger partial charge in [0, 0.05) is 10.6 Å². The molecule has 0 spiro atoms. The summed E-state index contributed by atoms with van der Waals surface area (Å²) in [6, 6.07) is 14.2. The number of halogens is 1. The lowest BCUT2D eigenvalue weighted by Gasteiger charge is -2.05. The second kappa shape index (κ2) is 7.01. The molecule has 8 heteroatoms. The normalized spacial score (nSPS) is 11.3. The fraction of sp³-hybridized carbons (Fsp3) is 0.0625. The maximum Gasteiger partial charge on any atom is 0.271 e. The van der Waals surface area contributed by atoms with Gasteiger partial charge in [0.05, 0.1) is 11.4 Å². The second-order valence-electron chi connectivity index (χ2n) is 4.95. The fourth-order valence-corrected chi connectivity index (χ4v) is 2.24. The standard InChI is InChI=1S/C16H13ClN6O/c1-11(19-20-16(24)13-5-2-6-14(17)8-13)12-4-3-7-15(9-12)23-10-18-21-22-23/h2-10H,1H3,(H,20,24)/b19-11-. The molecule has 0 atom stereocenters. The highest BCUT2D eigenvalue weighted by atomic mass is 35.5. The highest BCUT2D eigenvalue weighted by molar-refractivity contribution is 6.30. The Morgan fingerprint density at radius 1 is 1.17 bits per heavy atom. The molecule has 0 radical (unpaired) electrons. The monoisotopic (exact) mass is 340 g/mol. The summed E-state index contributed by atoms with van der Waals surface area (Å²) in [5, 5.41) is 15.7. The van der Waals surface area contributed by atoms with Crippen molar-refractivity contribution in [3.8, 4) is 5.69 Å². The van der Waals surface area contributed by atoms with Gasteiger partial charge in [-0.05, 0) is 53.2 Å². The quantitative estimate of drug-likeness (QED) is 0.584. The summed E-state index contributed by atoms with van der Waals surface area (Å²) in [5.41, 5.74) is 5.26. The zero-order valence-corrected chi connectivity index (χ0v) is 13.5. The van der Waals surface area contributed by atoms with E-state index in [0.717, 1.165) is 11.3 Å². The van der Waals surface area contributed by atoms with E-state index in [-0.39, 0.29) is 5.91 Å². The number of rotatable bonds is 4. The minimum absolute atomic E-state index is 0.325. The van der Waals surface area contributed by atoms with Crippen LogP contribution in [0.15, 0.2) is 60.0 Å². The molecule has 7 nitrogen and oxygen atoms in total. The molecule has 0 aliphatic heterocycles. The second-order valence-corrected chi connectivity index (χ2v) is 5.39. The van der Waals surface area contributed by atoms with Crippen molar-refractivity contribution in [3.05, 3.63) is 71.0 Å². The molecule has 1 N–H and O–H groups in total. The molecule has 1 amide bonds. The molecule has 1 aromatic heterocycles. The lowest BCUT2D eigenvalue weighted by Crippen LogP contribution is -2.19. The van der Waals surface area contributed by atoms with Gasteiger partial charge >= 0.3 is 0 Å². The summed E-state index contributed by atoms with van der Waals surface area (Å²) >= 11 is 5.88. The van der Waals surface area contributed by atoms with Crippen molar-refractivity contribution in [1.29, 1.82) is 0 Å². The van der Waals surface area contributed by atoms with E-state index >= 15 is 0 Å². The van der Waals surface area contributed by atoms with Gasteiger partial charge in [-0.1, -0.05) is 29.8 Å². The van der Waals surface area contributed by atoms with Crippen LogP contribution >= 0.6 is 11.6 Å². The maximum atomic E-state index is 12.1. The molecule has 0 fully saturated rings. The van der Waals surface area contributed by atoms with Crippen molar-refractivity contribution < 1.29 is 4.79 Å². The van der Waals surface area contributed by atoms with Crippen molar-refractivity contribution >= 4 is 23.2 Å². The largest absolute Gasteiger partial charge is 0.271 e. The van der Waals surface area contributed by atoms with Crippen molar-refractivity contribution in [2.24, 2.45) is 5.10 Å². The smallest absolute Gasteiger partial charge is 0.267 e. The Morgan fingerprint density at radius 2 is 1.96 bits per heavy atom. The van der Waals surface area contributed by atoms with E-state index in [2.05, 4.69) is 26.1 Å². The number of benzene rings is 2. The highest BCUT2D eigenvalue weighted by Crippen LogP contribution is 2.11. The van der Waals surface area contributed by atoms with Crippen LogP contribution < -0.4 is 5.43 Å². The molecule has 0 aliphatic carbocycles. The number of tetrazole rings is 1. The van der Waals surface area contributed by atoms with Crippen molar-refractivity contribution in [2.45, 2.75) is 6.92 Å². The predicted octanol–water partition coefficient (Wildman–Crippen LogP) is 2.47. The van der Waals surface area contributed by atoms with Crippen LogP contribution in [0, 0.1) is 0 Å². The molecule has 2 aromatic carbocycles. The van der Waals surface area contributed by atoms with Crippen LogP contribution in [0.5, 0.6) is 0 Å². The van der Waals surface area contributed by atoms with Crippen LogP contribution in [-0.4, -0.2) is 31.8 Å². The molecule has 0 saturated heterocycles. The Morgan fingerprint density at radius 3 is 2.71 bits per heavy atom. The predicted molar refractivity (Wildman–Crippen MR) is 90.3 cm³/mol. The van der Waals surface area contributed by atoms with Crippen LogP contribution in [0.4, 0.5) is 0 Å². The van der Waals surface area contributed by atoms with E-state index in [1.807, 2.05) is 24.3 Å². The molecule has 120 valence electrons. The third-order valence-electron chi connectivity index (χ3n) is 3.29. The first-order valence-corrected chi connectivity index (χ1v) is 7.45. The van der Waals surface area contributed by atoms with E-state index in [1.54, 1.807) is 35.9 Å². The van der Waals surface area contributed by atoms with Gasteiger partial charge in [0.1, 0.15) is 6.33 Å². The Kier molecular flexibility index (Phi) is 4.62. The molecule has 24 heavy (non-hydrogen) atoms. The number of nitrogens with zero attached hydrogens (tertiary/aromatic N) is 5. The van der Waals surface area contributed by atoms with E-state index in [4.69, 9.17) is 11.6 Å².